The highest BCUT2D eigenvalue weighted by Gasteiger charge is 2.22. The molecule has 1 fully saturated rings. The lowest BCUT2D eigenvalue weighted by molar-refractivity contribution is -0.117. The van der Waals surface area contributed by atoms with Crippen LogP contribution in [0.1, 0.15) is 10.4 Å². The molecule has 0 bridgehead atoms. The Kier molecular flexibility index (Phi) is 6.32. The van der Waals surface area contributed by atoms with Crippen LogP contribution in [0.25, 0.3) is 0 Å². The van der Waals surface area contributed by atoms with E-state index in [1.807, 2.05) is 0 Å². The Morgan fingerprint density at radius 2 is 2.15 bits per heavy atom. The van der Waals surface area contributed by atoms with Crippen LogP contribution in [-0.4, -0.2) is 48.5 Å². The van der Waals surface area contributed by atoms with Crippen molar-refractivity contribution in [1.82, 2.24) is 10.2 Å². The summed E-state index contributed by atoms with van der Waals surface area (Å²) in [5.74, 6) is 1.45. The van der Waals surface area contributed by atoms with Gasteiger partial charge in [0.1, 0.15) is 0 Å². The predicted octanol–water partition coefficient (Wildman–Crippen LogP) is 1.41. The number of nitrogens with one attached hydrogen (secondary N) is 2. The van der Waals surface area contributed by atoms with Crippen molar-refractivity contribution < 1.29 is 9.59 Å². The lowest BCUT2D eigenvalue weighted by Crippen LogP contribution is -2.37. The number of anilines is 1. The van der Waals surface area contributed by atoms with Crippen molar-refractivity contribution in [2.24, 2.45) is 0 Å². The molecule has 1 unspecified atom stereocenters. The first kappa shape index (κ1) is 16.8. The number of rotatable bonds is 3. The normalized spacial score (nSPS) is 17.2. The number of hydrogen-bond acceptors (Lipinski definition) is 4. The van der Waals surface area contributed by atoms with Gasteiger partial charge in [-0.05, 0) is 18.2 Å². The van der Waals surface area contributed by atoms with Crippen molar-refractivity contribution in [3.8, 4) is 0 Å². The van der Waals surface area contributed by atoms with E-state index in [9.17, 15) is 9.59 Å². The SMILES string of the molecule is CN(C)C(=O)c1cccc(NC(=O)C2CSCN2)c1.Cl. The van der Waals surface area contributed by atoms with E-state index in [1.165, 1.54) is 4.90 Å². The second-order valence-electron chi connectivity index (χ2n) is 4.54. The van der Waals surface area contributed by atoms with Crippen molar-refractivity contribution in [2.45, 2.75) is 6.04 Å². The van der Waals surface area contributed by atoms with Gasteiger partial charge in [-0.3, -0.25) is 14.9 Å². The lowest BCUT2D eigenvalue weighted by atomic mass is 10.1. The maximum atomic E-state index is 11.9. The van der Waals surface area contributed by atoms with Gasteiger partial charge < -0.3 is 10.2 Å². The standard InChI is InChI=1S/C13H17N3O2S.ClH/c1-16(2)13(18)9-4-3-5-10(6-9)15-12(17)11-7-19-8-14-11;/h3-6,11,14H,7-8H2,1-2H3,(H,15,17);1H. The van der Waals surface area contributed by atoms with Crippen molar-refractivity contribution in [1.29, 1.82) is 0 Å². The molecule has 2 N–H and O–H groups in total. The van der Waals surface area contributed by atoms with Gasteiger partial charge in [-0.1, -0.05) is 6.07 Å². The quantitative estimate of drug-likeness (QED) is 0.885. The molecule has 0 aliphatic carbocycles. The molecule has 0 radical (unpaired) electrons. The number of thioether (sulfide) groups is 1. The van der Waals surface area contributed by atoms with Gasteiger partial charge in [0, 0.05) is 37.0 Å². The Morgan fingerprint density at radius 1 is 1.40 bits per heavy atom. The largest absolute Gasteiger partial charge is 0.345 e. The molecular formula is C13H18ClN3O2S. The summed E-state index contributed by atoms with van der Waals surface area (Å²) in [5, 5.41) is 5.94. The monoisotopic (exact) mass is 315 g/mol. The van der Waals surface area contributed by atoms with Gasteiger partial charge in [-0.15, -0.1) is 24.2 Å². The minimum Gasteiger partial charge on any atom is -0.345 e. The summed E-state index contributed by atoms with van der Waals surface area (Å²) in [5.41, 5.74) is 1.22. The molecule has 1 atom stereocenters. The Labute approximate surface area is 128 Å². The summed E-state index contributed by atoms with van der Waals surface area (Å²) in [6, 6.07) is 6.83. The molecular weight excluding hydrogens is 298 g/mol. The van der Waals surface area contributed by atoms with Gasteiger partial charge in [0.2, 0.25) is 5.91 Å². The van der Waals surface area contributed by atoms with Gasteiger partial charge in [-0.25, -0.2) is 0 Å². The summed E-state index contributed by atoms with van der Waals surface area (Å²) >= 11 is 1.70. The van der Waals surface area contributed by atoms with E-state index in [0.717, 1.165) is 11.6 Å². The first-order valence-electron chi connectivity index (χ1n) is 6.01. The van der Waals surface area contributed by atoms with Crippen LogP contribution in [0.5, 0.6) is 0 Å². The van der Waals surface area contributed by atoms with E-state index in [0.29, 0.717) is 11.3 Å². The minimum atomic E-state index is -0.154. The smallest absolute Gasteiger partial charge is 0.253 e. The molecule has 1 aromatic carbocycles. The first-order valence-corrected chi connectivity index (χ1v) is 7.17. The van der Waals surface area contributed by atoms with Crippen LogP contribution in [-0.2, 0) is 4.79 Å². The fourth-order valence-corrected chi connectivity index (χ4v) is 2.72. The van der Waals surface area contributed by atoms with Crippen LogP contribution in [0.3, 0.4) is 0 Å². The Hall–Kier alpha value is -1.24. The molecule has 5 nitrogen and oxygen atoms in total. The highest BCUT2D eigenvalue weighted by atomic mass is 35.5. The van der Waals surface area contributed by atoms with E-state index < -0.39 is 0 Å². The number of halogens is 1. The highest BCUT2D eigenvalue weighted by molar-refractivity contribution is 7.99. The van der Waals surface area contributed by atoms with Crippen molar-refractivity contribution in [3.63, 3.8) is 0 Å². The number of benzene rings is 1. The fourth-order valence-electron chi connectivity index (χ4n) is 1.78. The summed E-state index contributed by atoms with van der Waals surface area (Å²) in [6.07, 6.45) is 0. The maximum Gasteiger partial charge on any atom is 0.253 e. The van der Waals surface area contributed by atoms with Crippen LogP contribution in [0.4, 0.5) is 5.69 Å². The number of carbonyl (C=O) groups is 2. The zero-order valence-corrected chi connectivity index (χ0v) is 13.0. The summed E-state index contributed by atoms with van der Waals surface area (Å²) in [6.45, 7) is 0. The van der Waals surface area contributed by atoms with Gasteiger partial charge in [-0.2, -0.15) is 0 Å². The van der Waals surface area contributed by atoms with E-state index in [4.69, 9.17) is 0 Å². The third-order valence-corrected chi connectivity index (χ3v) is 3.76. The maximum absolute atomic E-state index is 11.9. The molecule has 1 saturated heterocycles. The molecule has 20 heavy (non-hydrogen) atoms. The van der Waals surface area contributed by atoms with Gasteiger partial charge in [0.25, 0.3) is 5.91 Å². The third-order valence-electron chi connectivity index (χ3n) is 2.82. The lowest BCUT2D eigenvalue weighted by Gasteiger charge is -2.13. The molecule has 0 saturated carbocycles. The topological polar surface area (TPSA) is 61.4 Å². The van der Waals surface area contributed by atoms with E-state index in [1.54, 1.807) is 50.1 Å². The second-order valence-corrected chi connectivity index (χ2v) is 5.57. The predicted molar refractivity (Wildman–Crippen MR) is 84.6 cm³/mol. The van der Waals surface area contributed by atoms with Gasteiger partial charge in [0.05, 0.1) is 6.04 Å². The fraction of sp³-hybridized carbons (Fsp3) is 0.385. The van der Waals surface area contributed by atoms with Crippen LogP contribution in [0, 0.1) is 0 Å². The molecule has 1 aromatic rings. The molecule has 0 spiro atoms. The molecule has 7 heteroatoms. The van der Waals surface area contributed by atoms with Gasteiger partial charge in [0.15, 0.2) is 0 Å². The molecule has 0 aromatic heterocycles. The minimum absolute atomic E-state index is 0. The van der Waals surface area contributed by atoms with Crippen molar-refractivity contribution in [3.05, 3.63) is 29.8 Å². The van der Waals surface area contributed by atoms with E-state index in [2.05, 4.69) is 10.6 Å². The highest BCUT2D eigenvalue weighted by Crippen LogP contribution is 2.15. The van der Waals surface area contributed by atoms with Crippen molar-refractivity contribution in [2.75, 3.05) is 31.0 Å². The number of hydrogen-bond donors (Lipinski definition) is 2. The van der Waals surface area contributed by atoms with Crippen LogP contribution in [0.2, 0.25) is 0 Å². The molecule has 2 rings (SSSR count). The molecule has 110 valence electrons. The summed E-state index contributed by atoms with van der Waals surface area (Å²) in [7, 11) is 3.40. The Balaban J connectivity index is 0.00000200. The number of carbonyl (C=O) groups excluding carboxylic acids is 2. The molecule has 2 amide bonds. The average molecular weight is 316 g/mol. The van der Waals surface area contributed by atoms with Crippen LogP contribution >= 0.6 is 24.2 Å². The van der Waals surface area contributed by atoms with Gasteiger partial charge >= 0.3 is 0 Å². The Morgan fingerprint density at radius 3 is 2.75 bits per heavy atom. The number of amides is 2. The Bertz CT molecular complexity index is 490. The van der Waals surface area contributed by atoms with Crippen LogP contribution in [0.15, 0.2) is 24.3 Å². The molecule has 1 heterocycles. The first-order chi connectivity index (χ1) is 9.08. The average Bonchev–Trinajstić information content (AvgIpc) is 2.92. The van der Waals surface area contributed by atoms with E-state index in [-0.39, 0.29) is 30.3 Å². The zero-order chi connectivity index (χ0) is 13.8. The summed E-state index contributed by atoms with van der Waals surface area (Å²) < 4.78 is 0. The molecule has 1 aliphatic heterocycles. The second kappa shape index (κ2) is 7.52. The van der Waals surface area contributed by atoms with E-state index >= 15 is 0 Å². The van der Waals surface area contributed by atoms with Crippen LogP contribution < -0.4 is 10.6 Å². The molecule has 1 aliphatic rings. The number of nitrogens with zero attached hydrogens (tertiary/aromatic N) is 1. The third kappa shape index (κ3) is 4.13. The zero-order valence-electron chi connectivity index (χ0n) is 11.4. The summed E-state index contributed by atoms with van der Waals surface area (Å²) in [4.78, 5) is 25.3. The van der Waals surface area contributed by atoms with Crippen molar-refractivity contribution >= 4 is 41.7 Å².